The zero-order chi connectivity index (χ0) is 9.84. The fraction of sp³-hybridized carbons (Fsp3) is 0.300. The SMILES string of the molecule is CC.Cc1[nH]c2ncccc2c1N. The van der Waals surface area contributed by atoms with Crippen LogP contribution >= 0.6 is 0 Å². The van der Waals surface area contributed by atoms with E-state index in [0.717, 1.165) is 22.4 Å². The van der Waals surface area contributed by atoms with Gasteiger partial charge in [-0.3, -0.25) is 0 Å². The van der Waals surface area contributed by atoms with Gasteiger partial charge in [0.15, 0.2) is 0 Å². The molecule has 3 N–H and O–H groups in total. The van der Waals surface area contributed by atoms with Gasteiger partial charge in [-0.15, -0.1) is 0 Å². The first kappa shape index (κ1) is 9.58. The Morgan fingerprint density at radius 1 is 1.38 bits per heavy atom. The molecule has 3 nitrogen and oxygen atoms in total. The Bertz CT molecular complexity index is 390. The molecule has 0 saturated carbocycles. The van der Waals surface area contributed by atoms with Crippen molar-refractivity contribution in [1.82, 2.24) is 9.97 Å². The first-order valence-corrected chi connectivity index (χ1v) is 4.48. The van der Waals surface area contributed by atoms with Crippen LogP contribution < -0.4 is 5.73 Å². The van der Waals surface area contributed by atoms with Crippen LogP contribution in [0, 0.1) is 6.92 Å². The van der Waals surface area contributed by atoms with Crippen LogP contribution in [0.3, 0.4) is 0 Å². The van der Waals surface area contributed by atoms with Gasteiger partial charge >= 0.3 is 0 Å². The number of H-pyrrole nitrogens is 1. The predicted molar refractivity (Wildman–Crippen MR) is 56.6 cm³/mol. The molecular weight excluding hydrogens is 162 g/mol. The summed E-state index contributed by atoms with van der Waals surface area (Å²) in [7, 11) is 0. The lowest BCUT2D eigenvalue weighted by atomic mass is 10.3. The Labute approximate surface area is 78.0 Å². The van der Waals surface area contributed by atoms with Gasteiger partial charge in [0.25, 0.3) is 0 Å². The van der Waals surface area contributed by atoms with Crippen LogP contribution in [0.1, 0.15) is 19.5 Å². The summed E-state index contributed by atoms with van der Waals surface area (Å²) < 4.78 is 0. The minimum Gasteiger partial charge on any atom is -0.397 e. The molecule has 2 rings (SSSR count). The average Bonchev–Trinajstić information content (AvgIpc) is 2.47. The molecule has 0 spiro atoms. The number of fused-ring (bicyclic) bond motifs is 1. The summed E-state index contributed by atoms with van der Waals surface area (Å²) in [5, 5.41) is 1.00. The topological polar surface area (TPSA) is 54.7 Å². The fourth-order valence-corrected chi connectivity index (χ4v) is 1.17. The molecule has 2 heterocycles. The molecule has 0 aliphatic rings. The smallest absolute Gasteiger partial charge is 0.139 e. The van der Waals surface area contributed by atoms with Crippen LogP contribution in [0.2, 0.25) is 0 Å². The molecular formula is C10H15N3. The quantitative estimate of drug-likeness (QED) is 0.649. The van der Waals surface area contributed by atoms with Crippen molar-refractivity contribution < 1.29 is 0 Å². The Morgan fingerprint density at radius 3 is 2.69 bits per heavy atom. The maximum atomic E-state index is 5.77. The number of nitrogens with one attached hydrogen (secondary N) is 1. The molecule has 0 radical (unpaired) electrons. The average molecular weight is 177 g/mol. The lowest BCUT2D eigenvalue weighted by molar-refractivity contribution is 1.25. The molecule has 2 aromatic rings. The van der Waals surface area contributed by atoms with Gasteiger partial charge in [0.1, 0.15) is 5.65 Å². The van der Waals surface area contributed by atoms with Crippen LogP contribution in [0.25, 0.3) is 11.0 Å². The van der Waals surface area contributed by atoms with Gasteiger partial charge in [-0.25, -0.2) is 4.98 Å². The summed E-state index contributed by atoms with van der Waals surface area (Å²) in [5.74, 6) is 0. The minimum atomic E-state index is 0.799. The van der Waals surface area contributed by atoms with Gasteiger partial charge in [0.2, 0.25) is 0 Å². The number of nitrogen functional groups attached to an aromatic ring is 1. The zero-order valence-electron chi connectivity index (χ0n) is 8.26. The maximum absolute atomic E-state index is 5.77. The van der Waals surface area contributed by atoms with Crippen molar-refractivity contribution >= 4 is 16.7 Å². The number of nitrogens with zero attached hydrogens (tertiary/aromatic N) is 1. The minimum absolute atomic E-state index is 0.799. The van der Waals surface area contributed by atoms with Crippen LogP contribution in [-0.4, -0.2) is 9.97 Å². The van der Waals surface area contributed by atoms with E-state index in [1.54, 1.807) is 6.20 Å². The first-order valence-electron chi connectivity index (χ1n) is 4.48. The van der Waals surface area contributed by atoms with E-state index in [-0.39, 0.29) is 0 Å². The van der Waals surface area contributed by atoms with Crippen molar-refractivity contribution in [3.05, 3.63) is 24.0 Å². The number of rotatable bonds is 0. The Morgan fingerprint density at radius 2 is 2.08 bits per heavy atom. The highest BCUT2D eigenvalue weighted by Crippen LogP contribution is 2.21. The lowest BCUT2D eigenvalue weighted by Crippen LogP contribution is -1.83. The standard InChI is InChI=1S/C8H9N3.C2H6/c1-5-7(9)6-3-2-4-10-8(6)11-5;1-2/h2-4H,9H2,1H3,(H,10,11);1-2H3. The number of aromatic nitrogens is 2. The third kappa shape index (κ3) is 1.64. The van der Waals surface area contributed by atoms with E-state index in [4.69, 9.17) is 5.73 Å². The number of aryl methyl sites for hydroxylation is 1. The van der Waals surface area contributed by atoms with E-state index >= 15 is 0 Å². The van der Waals surface area contributed by atoms with E-state index < -0.39 is 0 Å². The van der Waals surface area contributed by atoms with Crippen molar-refractivity contribution in [3.8, 4) is 0 Å². The van der Waals surface area contributed by atoms with Crippen LogP contribution in [0.5, 0.6) is 0 Å². The van der Waals surface area contributed by atoms with Crippen molar-refractivity contribution in [2.45, 2.75) is 20.8 Å². The van der Waals surface area contributed by atoms with Crippen molar-refractivity contribution in [1.29, 1.82) is 0 Å². The summed E-state index contributed by atoms with van der Waals surface area (Å²) in [4.78, 5) is 7.22. The normalized spacial score (nSPS) is 9.46. The van der Waals surface area contributed by atoms with E-state index in [9.17, 15) is 0 Å². The zero-order valence-corrected chi connectivity index (χ0v) is 8.26. The molecule has 2 aromatic heterocycles. The molecule has 0 amide bonds. The Balaban J connectivity index is 0.000000396. The number of aromatic amines is 1. The summed E-state index contributed by atoms with van der Waals surface area (Å²) in [5.41, 5.74) is 8.41. The van der Waals surface area contributed by atoms with Crippen LogP contribution in [0.15, 0.2) is 18.3 Å². The highest BCUT2D eigenvalue weighted by molar-refractivity contribution is 5.90. The number of hydrogen-bond donors (Lipinski definition) is 2. The second kappa shape index (κ2) is 3.94. The fourth-order valence-electron chi connectivity index (χ4n) is 1.17. The van der Waals surface area contributed by atoms with Crippen LogP contribution in [-0.2, 0) is 0 Å². The van der Waals surface area contributed by atoms with Crippen molar-refractivity contribution in [2.75, 3.05) is 5.73 Å². The number of anilines is 1. The first-order chi connectivity index (χ1) is 6.29. The molecule has 3 heteroatoms. The van der Waals surface area contributed by atoms with E-state index in [1.165, 1.54) is 0 Å². The van der Waals surface area contributed by atoms with Crippen LogP contribution in [0.4, 0.5) is 5.69 Å². The highest BCUT2D eigenvalue weighted by atomic mass is 14.9. The van der Waals surface area contributed by atoms with Crippen molar-refractivity contribution in [3.63, 3.8) is 0 Å². The van der Waals surface area contributed by atoms with E-state index in [1.807, 2.05) is 32.9 Å². The summed E-state index contributed by atoms with van der Waals surface area (Å²) >= 11 is 0. The molecule has 0 fully saturated rings. The maximum Gasteiger partial charge on any atom is 0.139 e. The van der Waals surface area contributed by atoms with Crippen molar-refractivity contribution in [2.24, 2.45) is 0 Å². The third-order valence-corrected chi connectivity index (χ3v) is 1.81. The molecule has 70 valence electrons. The summed E-state index contributed by atoms with van der Waals surface area (Å²) in [6, 6.07) is 3.84. The van der Waals surface area contributed by atoms with E-state index in [0.29, 0.717) is 0 Å². The van der Waals surface area contributed by atoms with Gasteiger partial charge in [0.05, 0.1) is 5.69 Å². The molecule has 0 atom stereocenters. The summed E-state index contributed by atoms with van der Waals surface area (Å²) in [6.07, 6.45) is 1.75. The second-order valence-corrected chi connectivity index (χ2v) is 2.56. The molecule has 0 aromatic carbocycles. The highest BCUT2D eigenvalue weighted by Gasteiger charge is 2.02. The molecule has 0 saturated heterocycles. The van der Waals surface area contributed by atoms with Gasteiger partial charge in [0, 0.05) is 17.3 Å². The number of pyridine rings is 1. The monoisotopic (exact) mass is 177 g/mol. The van der Waals surface area contributed by atoms with Gasteiger partial charge in [-0.2, -0.15) is 0 Å². The largest absolute Gasteiger partial charge is 0.397 e. The second-order valence-electron chi connectivity index (χ2n) is 2.56. The predicted octanol–water partition coefficient (Wildman–Crippen LogP) is 2.48. The Kier molecular flexibility index (Phi) is 2.90. The number of nitrogens with two attached hydrogens (primary N) is 1. The molecule has 13 heavy (non-hydrogen) atoms. The Hall–Kier alpha value is -1.51. The third-order valence-electron chi connectivity index (χ3n) is 1.81. The molecule has 0 aliphatic heterocycles. The summed E-state index contributed by atoms with van der Waals surface area (Å²) in [6.45, 7) is 5.94. The van der Waals surface area contributed by atoms with Gasteiger partial charge in [-0.1, -0.05) is 13.8 Å². The molecule has 0 aliphatic carbocycles. The molecule has 0 bridgehead atoms. The number of hydrogen-bond acceptors (Lipinski definition) is 2. The van der Waals surface area contributed by atoms with Gasteiger partial charge in [-0.05, 0) is 19.1 Å². The van der Waals surface area contributed by atoms with E-state index in [2.05, 4.69) is 9.97 Å². The lowest BCUT2D eigenvalue weighted by Gasteiger charge is -1.87. The van der Waals surface area contributed by atoms with Gasteiger partial charge < -0.3 is 10.7 Å². The molecule has 0 unspecified atom stereocenters.